The van der Waals surface area contributed by atoms with E-state index in [1.807, 2.05) is 18.2 Å². The fourth-order valence-corrected chi connectivity index (χ4v) is 3.27. The molecule has 4 rings (SSSR count). The maximum Gasteiger partial charge on any atom is 0.227 e. The van der Waals surface area contributed by atoms with E-state index in [1.54, 1.807) is 24.8 Å². The molecule has 0 bridgehead atoms. The maximum atomic E-state index is 12.7. The van der Waals surface area contributed by atoms with E-state index in [0.717, 1.165) is 31.7 Å². The molecule has 8 nitrogen and oxygen atoms in total. The van der Waals surface area contributed by atoms with Crippen molar-refractivity contribution >= 4 is 29.0 Å². The molecule has 1 fully saturated rings. The van der Waals surface area contributed by atoms with Crippen molar-refractivity contribution in [1.29, 1.82) is 0 Å². The molecule has 4 heterocycles. The minimum atomic E-state index is -0.0580. The molecule has 0 aliphatic carbocycles. The van der Waals surface area contributed by atoms with Crippen molar-refractivity contribution in [3.63, 3.8) is 0 Å². The summed E-state index contributed by atoms with van der Waals surface area (Å²) >= 11 is 5.89. The lowest BCUT2D eigenvalue weighted by Crippen LogP contribution is -2.38. The third-order valence-electron chi connectivity index (χ3n) is 4.58. The number of piperidine rings is 1. The van der Waals surface area contributed by atoms with E-state index in [9.17, 15) is 4.79 Å². The summed E-state index contributed by atoms with van der Waals surface area (Å²) in [4.78, 5) is 27.5. The predicted molar refractivity (Wildman–Crippen MR) is 102 cm³/mol. The summed E-state index contributed by atoms with van der Waals surface area (Å²) in [6.07, 6.45) is 7.80. The molecule has 9 heteroatoms. The number of nitrogens with zero attached hydrogens (tertiary/aromatic N) is 6. The molecule has 0 radical (unpaired) electrons. The second kappa shape index (κ2) is 7.71. The molecule has 0 unspecified atom stereocenters. The Bertz CT molecular complexity index is 906. The van der Waals surface area contributed by atoms with Crippen LogP contribution in [0.3, 0.4) is 0 Å². The predicted octanol–water partition coefficient (Wildman–Crippen LogP) is 2.57. The Hall–Kier alpha value is -3.00. The molecular weight excluding hydrogens is 366 g/mol. The van der Waals surface area contributed by atoms with Gasteiger partial charge in [0.25, 0.3) is 0 Å². The topological polar surface area (TPSA) is 88.8 Å². The van der Waals surface area contributed by atoms with E-state index < -0.39 is 0 Å². The summed E-state index contributed by atoms with van der Waals surface area (Å²) in [5, 5.41) is 7.69. The average Bonchev–Trinajstić information content (AvgIpc) is 3.24. The van der Waals surface area contributed by atoms with Crippen LogP contribution in [-0.2, 0) is 4.79 Å². The van der Waals surface area contributed by atoms with Crippen LogP contribution in [0.25, 0.3) is 5.82 Å². The standard InChI is InChI=1S/C18H18ClN7O/c19-14-3-4-16(22-10-14)25-8-5-13(6-9-25)18(27)24-15-2-1-7-21-17(15)26-12-20-11-23-26/h1-4,7,10-13H,5-6,8-9H2,(H,24,27). The zero-order valence-corrected chi connectivity index (χ0v) is 15.3. The number of halogens is 1. The van der Waals surface area contributed by atoms with Crippen LogP contribution in [0.4, 0.5) is 11.5 Å². The highest BCUT2D eigenvalue weighted by molar-refractivity contribution is 6.30. The summed E-state index contributed by atoms with van der Waals surface area (Å²) in [6.45, 7) is 1.55. The van der Waals surface area contributed by atoms with Crippen molar-refractivity contribution in [3.05, 3.63) is 54.3 Å². The number of nitrogens with one attached hydrogen (secondary N) is 1. The Kier molecular flexibility index (Phi) is 4.97. The number of carbonyl (C=O) groups is 1. The first-order valence-corrected chi connectivity index (χ1v) is 9.06. The number of anilines is 2. The van der Waals surface area contributed by atoms with Gasteiger partial charge in [-0.1, -0.05) is 11.6 Å². The lowest BCUT2D eigenvalue weighted by atomic mass is 9.96. The number of carbonyl (C=O) groups excluding carboxylic acids is 1. The molecular formula is C18H18ClN7O. The number of rotatable bonds is 4. The van der Waals surface area contributed by atoms with Crippen molar-refractivity contribution in [3.8, 4) is 5.82 Å². The van der Waals surface area contributed by atoms with Crippen LogP contribution in [0.2, 0.25) is 5.02 Å². The Morgan fingerprint density at radius 3 is 2.74 bits per heavy atom. The smallest absolute Gasteiger partial charge is 0.227 e. The molecule has 0 spiro atoms. The molecule has 0 aromatic carbocycles. The Labute approximate surface area is 161 Å². The number of aromatic nitrogens is 5. The van der Waals surface area contributed by atoms with Crippen molar-refractivity contribution in [2.45, 2.75) is 12.8 Å². The van der Waals surface area contributed by atoms with Gasteiger partial charge in [0.05, 0.1) is 10.7 Å². The van der Waals surface area contributed by atoms with Gasteiger partial charge in [-0.05, 0) is 37.1 Å². The highest BCUT2D eigenvalue weighted by atomic mass is 35.5. The van der Waals surface area contributed by atoms with Crippen molar-refractivity contribution < 1.29 is 4.79 Å². The van der Waals surface area contributed by atoms with Gasteiger partial charge < -0.3 is 10.2 Å². The molecule has 0 saturated carbocycles. The molecule has 1 N–H and O–H groups in total. The van der Waals surface area contributed by atoms with Gasteiger partial charge in [0.15, 0.2) is 5.82 Å². The van der Waals surface area contributed by atoms with E-state index in [-0.39, 0.29) is 11.8 Å². The zero-order valence-electron chi connectivity index (χ0n) is 14.5. The fraction of sp³-hybridized carbons (Fsp3) is 0.278. The van der Waals surface area contributed by atoms with E-state index in [0.29, 0.717) is 16.5 Å². The number of amides is 1. The molecule has 0 atom stereocenters. The van der Waals surface area contributed by atoms with Crippen LogP contribution in [0.5, 0.6) is 0 Å². The SMILES string of the molecule is O=C(Nc1cccnc1-n1cncn1)C1CCN(c2ccc(Cl)cn2)CC1. The molecule has 1 saturated heterocycles. The third kappa shape index (κ3) is 3.90. The molecule has 1 amide bonds. The van der Waals surface area contributed by atoms with E-state index in [1.165, 1.54) is 11.0 Å². The van der Waals surface area contributed by atoms with Gasteiger partial charge in [0.1, 0.15) is 18.5 Å². The first kappa shape index (κ1) is 17.4. The molecule has 27 heavy (non-hydrogen) atoms. The Balaban J connectivity index is 1.40. The molecule has 3 aromatic rings. The largest absolute Gasteiger partial charge is 0.357 e. The second-order valence-corrected chi connectivity index (χ2v) is 6.74. The second-order valence-electron chi connectivity index (χ2n) is 6.30. The normalized spacial score (nSPS) is 14.9. The van der Waals surface area contributed by atoms with Gasteiger partial charge in [0, 0.05) is 31.4 Å². The van der Waals surface area contributed by atoms with Gasteiger partial charge in [0.2, 0.25) is 5.91 Å². The minimum Gasteiger partial charge on any atom is -0.357 e. The molecule has 1 aliphatic heterocycles. The Morgan fingerprint density at radius 1 is 1.19 bits per heavy atom. The van der Waals surface area contributed by atoms with Gasteiger partial charge in [-0.25, -0.2) is 19.6 Å². The highest BCUT2D eigenvalue weighted by Crippen LogP contribution is 2.25. The van der Waals surface area contributed by atoms with Crippen LogP contribution in [-0.4, -0.2) is 43.7 Å². The number of hydrogen-bond donors (Lipinski definition) is 1. The zero-order chi connectivity index (χ0) is 18.6. The summed E-state index contributed by atoms with van der Waals surface area (Å²) in [7, 11) is 0. The highest BCUT2D eigenvalue weighted by Gasteiger charge is 2.26. The quantitative estimate of drug-likeness (QED) is 0.744. The Morgan fingerprint density at radius 2 is 2.04 bits per heavy atom. The number of hydrogen-bond acceptors (Lipinski definition) is 6. The van der Waals surface area contributed by atoms with Gasteiger partial charge in [-0.15, -0.1) is 0 Å². The average molecular weight is 384 g/mol. The van der Waals surface area contributed by atoms with Crippen molar-refractivity contribution in [2.24, 2.45) is 5.92 Å². The van der Waals surface area contributed by atoms with Crippen LogP contribution in [0.15, 0.2) is 49.3 Å². The van der Waals surface area contributed by atoms with E-state index in [4.69, 9.17) is 11.6 Å². The van der Waals surface area contributed by atoms with E-state index >= 15 is 0 Å². The minimum absolute atomic E-state index is 0.00641. The third-order valence-corrected chi connectivity index (χ3v) is 4.81. The van der Waals surface area contributed by atoms with Gasteiger partial charge >= 0.3 is 0 Å². The fourth-order valence-electron chi connectivity index (χ4n) is 3.16. The summed E-state index contributed by atoms with van der Waals surface area (Å²) in [6, 6.07) is 7.33. The van der Waals surface area contributed by atoms with E-state index in [2.05, 4.69) is 30.3 Å². The lowest BCUT2D eigenvalue weighted by Gasteiger charge is -2.32. The van der Waals surface area contributed by atoms with Crippen LogP contribution < -0.4 is 10.2 Å². The summed E-state index contributed by atoms with van der Waals surface area (Å²) in [5.74, 6) is 1.37. The maximum absolute atomic E-state index is 12.7. The lowest BCUT2D eigenvalue weighted by molar-refractivity contribution is -0.120. The molecule has 138 valence electrons. The van der Waals surface area contributed by atoms with Crippen molar-refractivity contribution in [2.75, 3.05) is 23.3 Å². The monoisotopic (exact) mass is 383 g/mol. The summed E-state index contributed by atoms with van der Waals surface area (Å²) < 4.78 is 1.53. The van der Waals surface area contributed by atoms with Gasteiger partial charge in [-0.3, -0.25) is 4.79 Å². The van der Waals surface area contributed by atoms with Crippen LogP contribution in [0.1, 0.15) is 12.8 Å². The molecule has 3 aromatic heterocycles. The molecule has 1 aliphatic rings. The first-order chi connectivity index (χ1) is 13.2. The number of pyridine rings is 2. The van der Waals surface area contributed by atoms with Crippen LogP contribution >= 0.6 is 11.6 Å². The van der Waals surface area contributed by atoms with Gasteiger partial charge in [-0.2, -0.15) is 5.10 Å². The van der Waals surface area contributed by atoms with Crippen LogP contribution in [0, 0.1) is 5.92 Å². The van der Waals surface area contributed by atoms with Crippen molar-refractivity contribution in [1.82, 2.24) is 24.7 Å². The summed E-state index contributed by atoms with van der Waals surface area (Å²) in [5.41, 5.74) is 0.620. The first-order valence-electron chi connectivity index (χ1n) is 8.68.